The van der Waals surface area contributed by atoms with Crippen LogP contribution in [0.15, 0.2) is 11.4 Å². The normalized spacial score (nSPS) is 14.4. The lowest BCUT2D eigenvalue weighted by molar-refractivity contribution is -0.117. The Labute approximate surface area is 134 Å². The van der Waals surface area contributed by atoms with Crippen molar-refractivity contribution in [2.75, 3.05) is 25.5 Å². The van der Waals surface area contributed by atoms with E-state index in [2.05, 4.69) is 36.6 Å². The molecule has 116 valence electrons. The summed E-state index contributed by atoms with van der Waals surface area (Å²) in [5.74, 6) is -0.717. The number of methoxy groups -OCH3 is 1. The van der Waals surface area contributed by atoms with E-state index in [-0.39, 0.29) is 10.9 Å². The van der Waals surface area contributed by atoms with Crippen LogP contribution in [0.4, 0.5) is 5.13 Å². The van der Waals surface area contributed by atoms with Gasteiger partial charge in [0.15, 0.2) is 0 Å². The number of amides is 1. The number of anilines is 1. The van der Waals surface area contributed by atoms with Gasteiger partial charge in [0.1, 0.15) is 0 Å². The largest absolute Gasteiger partial charge is 0.464 e. The molecule has 0 saturated heterocycles. The van der Waals surface area contributed by atoms with Crippen molar-refractivity contribution in [3.63, 3.8) is 0 Å². The van der Waals surface area contributed by atoms with E-state index in [1.54, 1.807) is 11.3 Å². The number of nitrogens with one attached hydrogen (secondary N) is 1. The Morgan fingerprint density at radius 1 is 1.45 bits per heavy atom. The van der Waals surface area contributed by atoms with E-state index in [1.165, 1.54) is 17.6 Å². The molecule has 3 rings (SSSR count). The van der Waals surface area contributed by atoms with E-state index < -0.39 is 5.97 Å². The minimum atomic E-state index is -0.556. The van der Waals surface area contributed by atoms with Gasteiger partial charge in [-0.05, 0) is 23.4 Å². The van der Waals surface area contributed by atoms with Gasteiger partial charge in [0.25, 0.3) is 0 Å². The maximum absolute atomic E-state index is 12.1. The van der Waals surface area contributed by atoms with E-state index in [9.17, 15) is 9.59 Å². The van der Waals surface area contributed by atoms with Crippen molar-refractivity contribution < 1.29 is 14.3 Å². The molecule has 2 aromatic rings. The number of esters is 1. The summed E-state index contributed by atoms with van der Waals surface area (Å²) in [6.45, 7) is 1.95. The Morgan fingerprint density at radius 2 is 2.32 bits per heavy atom. The number of hydrogen-bond acceptors (Lipinski definition) is 8. The van der Waals surface area contributed by atoms with E-state index in [4.69, 9.17) is 0 Å². The summed E-state index contributed by atoms with van der Waals surface area (Å²) in [4.78, 5) is 26.8. The summed E-state index contributed by atoms with van der Waals surface area (Å²) < 4.78 is 4.55. The number of thiophene rings is 1. The SMILES string of the molecule is COC(=O)c1nnc(NC(=O)CN2CCc3sccc3C2)s1. The third-order valence-electron chi connectivity index (χ3n) is 3.29. The van der Waals surface area contributed by atoms with Gasteiger partial charge in [0.2, 0.25) is 16.0 Å². The minimum absolute atomic E-state index is 0.124. The Hall–Kier alpha value is -1.84. The van der Waals surface area contributed by atoms with Crippen molar-refractivity contribution in [3.05, 3.63) is 26.9 Å². The third kappa shape index (κ3) is 3.32. The predicted octanol–water partition coefficient (Wildman–Crippen LogP) is 1.38. The van der Waals surface area contributed by atoms with Crippen molar-refractivity contribution in [2.24, 2.45) is 0 Å². The fourth-order valence-electron chi connectivity index (χ4n) is 2.25. The standard InChI is InChI=1S/C13H14N4O3S2/c1-20-12(19)11-15-16-13(22-11)14-10(18)7-17-4-2-9-8(6-17)3-5-21-9/h3,5H,2,4,6-7H2,1H3,(H,14,16,18). The lowest BCUT2D eigenvalue weighted by Crippen LogP contribution is -2.36. The molecule has 0 spiro atoms. The molecule has 1 N–H and O–H groups in total. The highest BCUT2D eigenvalue weighted by molar-refractivity contribution is 7.17. The molecule has 0 atom stereocenters. The molecular formula is C13H14N4O3S2. The molecular weight excluding hydrogens is 324 g/mol. The van der Waals surface area contributed by atoms with Gasteiger partial charge in [-0.1, -0.05) is 11.3 Å². The Balaban J connectivity index is 1.55. The van der Waals surface area contributed by atoms with Gasteiger partial charge >= 0.3 is 5.97 Å². The van der Waals surface area contributed by atoms with Crippen LogP contribution in [0.3, 0.4) is 0 Å². The molecule has 0 aliphatic carbocycles. The third-order valence-corrected chi connectivity index (χ3v) is 5.13. The van der Waals surface area contributed by atoms with Crippen molar-refractivity contribution >= 4 is 39.7 Å². The Bertz CT molecular complexity index is 697. The Kier molecular flexibility index (Phi) is 4.46. The summed E-state index contributed by atoms with van der Waals surface area (Å²) >= 11 is 2.77. The molecule has 0 radical (unpaired) electrons. The summed E-state index contributed by atoms with van der Waals surface area (Å²) in [6.07, 6.45) is 0.978. The fraction of sp³-hybridized carbons (Fsp3) is 0.385. The predicted molar refractivity (Wildman–Crippen MR) is 83.2 cm³/mol. The highest BCUT2D eigenvalue weighted by Crippen LogP contribution is 2.24. The molecule has 0 saturated carbocycles. The number of rotatable bonds is 4. The van der Waals surface area contributed by atoms with Gasteiger partial charge in [-0.2, -0.15) is 0 Å². The van der Waals surface area contributed by atoms with Crippen LogP contribution in [0.5, 0.6) is 0 Å². The average molecular weight is 338 g/mol. The molecule has 1 aliphatic rings. The second-order valence-electron chi connectivity index (χ2n) is 4.78. The molecule has 3 heterocycles. The zero-order valence-corrected chi connectivity index (χ0v) is 13.5. The van der Waals surface area contributed by atoms with Gasteiger partial charge in [-0.25, -0.2) is 4.79 Å². The van der Waals surface area contributed by atoms with E-state index in [0.717, 1.165) is 30.8 Å². The van der Waals surface area contributed by atoms with Crippen LogP contribution >= 0.6 is 22.7 Å². The maximum Gasteiger partial charge on any atom is 0.369 e. The highest BCUT2D eigenvalue weighted by Gasteiger charge is 2.20. The van der Waals surface area contributed by atoms with Crippen LogP contribution in [0.2, 0.25) is 0 Å². The molecule has 9 heteroatoms. The molecule has 0 fully saturated rings. The lowest BCUT2D eigenvalue weighted by atomic mass is 10.1. The Morgan fingerprint density at radius 3 is 3.14 bits per heavy atom. The number of fused-ring (bicyclic) bond motifs is 1. The van der Waals surface area contributed by atoms with E-state index in [0.29, 0.717) is 11.7 Å². The highest BCUT2D eigenvalue weighted by atomic mass is 32.1. The molecule has 1 amide bonds. The van der Waals surface area contributed by atoms with Crippen LogP contribution in [-0.2, 0) is 22.5 Å². The number of ether oxygens (including phenoxy) is 1. The zero-order valence-electron chi connectivity index (χ0n) is 11.9. The van der Waals surface area contributed by atoms with E-state index >= 15 is 0 Å². The quantitative estimate of drug-likeness (QED) is 0.848. The summed E-state index contributed by atoms with van der Waals surface area (Å²) in [5, 5.41) is 12.6. The number of carbonyl (C=O) groups is 2. The molecule has 0 aromatic carbocycles. The summed E-state index contributed by atoms with van der Waals surface area (Å²) in [7, 11) is 1.27. The maximum atomic E-state index is 12.1. The van der Waals surface area contributed by atoms with Crippen LogP contribution in [0, 0.1) is 0 Å². The van der Waals surface area contributed by atoms with E-state index in [1.807, 2.05) is 0 Å². The second kappa shape index (κ2) is 6.51. The first kappa shape index (κ1) is 15.1. The first-order valence-electron chi connectivity index (χ1n) is 6.65. The number of nitrogens with zero attached hydrogens (tertiary/aromatic N) is 3. The monoisotopic (exact) mass is 338 g/mol. The second-order valence-corrected chi connectivity index (χ2v) is 6.76. The summed E-state index contributed by atoms with van der Waals surface area (Å²) in [5.41, 5.74) is 1.30. The lowest BCUT2D eigenvalue weighted by Gasteiger charge is -2.25. The van der Waals surface area contributed by atoms with Gasteiger partial charge in [0.05, 0.1) is 13.7 Å². The molecule has 0 unspecified atom stereocenters. The first-order valence-corrected chi connectivity index (χ1v) is 8.34. The van der Waals surface area contributed by atoms with Gasteiger partial charge in [-0.15, -0.1) is 21.5 Å². The first-order chi connectivity index (χ1) is 10.7. The summed E-state index contributed by atoms with van der Waals surface area (Å²) in [6, 6.07) is 2.11. The van der Waals surface area contributed by atoms with Gasteiger partial charge in [0, 0.05) is 18.0 Å². The van der Waals surface area contributed by atoms with Crippen molar-refractivity contribution in [2.45, 2.75) is 13.0 Å². The van der Waals surface area contributed by atoms with Crippen LogP contribution in [0.1, 0.15) is 20.2 Å². The number of hydrogen-bond donors (Lipinski definition) is 1. The molecule has 7 nitrogen and oxygen atoms in total. The zero-order chi connectivity index (χ0) is 15.5. The molecule has 1 aliphatic heterocycles. The molecule has 22 heavy (non-hydrogen) atoms. The van der Waals surface area contributed by atoms with Crippen molar-refractivity contribution in [3.8, 4) is 0 Å². The molecule has 0 bridgehead atoms. The molecule has 2 aromatic heterocycles. The van der Waals surface area contributed by atoms with Crippen LogP contribution in [-0.4, -0.2) is 47.2 Å². The smallest absolute Gasteiger partial charge is 0.369 e. The van der Waals surface area contributed by atoms with Crippen LogP contribution < -0.4 is 5.32 Å². The number of carbonyl (C=O) groups excluding carboxylic acids is 2. The van der Waals surface area contributed by atoms with Crippen molar-refractivity contribution in [1.29, 1.82) is 0 Å². The topological polar surface area (TPSA) is 84.4 Å². The van der Waals surface area contributed by atoms with Gasteiger partial charge in [-0.3, -0.25) is 15.0 Å². The average Bonchev–Trinajstić information content (AvgIpc) is 3.14. The number of aromatic nitrogens is 2. The van der Waals surface area contributed by atoms with Crippen LogP contribution in [0.25, 0.3) is 0 Å². The van der Waals surface area contributed by atoms with Crippen molar-refractivity contribution in [1.82, 2.24) is 15.1 Å². The van der Waals surface area contributed by atoms with Gasteiger partial charge < -0.3 is 4.74 Å². The minimum Gasteiger partial charge on any atom is -0.464 e. The fourth-order valence-corrected chi connectivity index (χ4v) is 3.81.